The van der Waals surface area contributed by atoms with E-state index in [4.69, 9.17) is 11.6 Å². The second-order valence-corrected chi connectivity index (χ2v) is 4.91. The third-order valence-electron chi connectivity index (χ3n) is 2.93. The minimum Gasteiger partial charge on any atom is -0.313 e. The van der Waals surface area contributed by atoms with E-state index in [9.17, 15) is 0 Å². The Morgan fingerprint density at radius 3 is 2.81 bits per heavy atom. The van der Waals surface area contributed by atoms with E-state index in [1.54, 1.807) is 0 Å². The van der Waals surface area contributed by atoms with Crippen molar-refractivity contribution in [1.29, 1.82) is 0 Å². The molecule has 1 aliphatic rings. The fourth-order valence-electron chi connectivity index (χ4n) is 1.73. The van der Waals surface area contributed by atoms with Gasteiger partial charge in [-0.2, -0.15) is 0 Å². The summed E-state index contributed by atoms with van der Waals surface area (Å²) in [7, 11) is 0. The van der Waals surface area contributed by atoms with E-state index >= 15 is 0 Å². The van der Waals surface area contributed by atoms with Gasteiger partial charge in [-0.3, -0.25) is 0 Å². The zero-order valence-electron chi connectivity index (χ0n) is 9.72. The summed E-state index contributed by atoms with van der Waals surface area (Å²) in [6, 6.07) is 6.87. The summed E-state index contributed by atoms with van der Waals surface area (Å²) in [5, 5.41) is 7.74. The van der Waals surface area contributed by atoms with E-state index in [1.165, 1.54) is 24.0 Å². The van der Waals surface area contributed by atoms with Crippen LogP contribution in [0.4, 0.5) is 0 Å². The number of benzene rings is 1. The van der Waals surface area contributed by atoms with Crippen molar-refractivity contribution in [3.63, 3.8) is 0 Å². The molecule has 2 rings (SSSR count). The number of aryl methyl sites for hydroxylation is 1. The van der Waals surface area contributed by atoms with E-state index in [1.807, 2.05) is 12.1 Å². The average Bonchev–Trinajstić information content (AvgIpc) is 3.04. The molecule has 88 valence electrons. The molecule has 0 unspecified atom stereocenters. The first kappa shape index (κ1) is 11.9. The van der Waals surface area contributed by atoms with E-state index in [0.717, 1.165) is 30.7 Å². The maximum absolute atomic E-state index is 5.91. The molecule has 2 nitrogen and oxygen atoms in total. The van der Waals surface area contributed by atoms with Crippen molar-refractivity contribution in [3.8, 4) is 0 Å². The van der Waals surface area contributed by atoms with Gasteiger partial charge in [0.05, 0.1) is 0 Å². The monoisotopic (exact) mass is 238 g/mol. The van der Waals surface area contributed by atoms with Crippen LogP contribution in [-0.4, -0.2) is 19.1 Å². The van der Waals surface area contributed by atoms with Gasteiger partial charge in [0.1, 0.15) is 0 Å². The summed E-state index contributed by atoms with van der Waals surface area (Å²) in [5.41, 5.74) is 2.59. The van der Waals surface area contributed by atoms with Crippen molar-refractivity contribution >= 4 is 11.6 Å². The second-order valence-electron chi connectivity index (χ2n) is 4.48. The Morgan fingerprint density at radius 1 is 1.31 bits per heavy atom. The molecular weight excluding hydrogens is 220 g/mol. The molecule has 1 aromatic carbocycles. The van der Waals surface area contributed by atoms with Gasteiger partial charge < -0.3 is 10.6 Å². The summed E-state index contributed by atoms with van der Waals surface area (Å²) in [6.45, 7) is 5.12. The molecule has 2 N–H and O–H groups in total. The van der Waals surface area contributed by atoms with E-state index in [0.29, 0.717) is 0 Å². The highest BCUT2D eigenvalue weighted by Crippen LogP contribution is 2.18. The Labute approximate surface area is 102 Å². The number of hydrogen-bond acceptors (Lipinski definition) is 2. The Morgan fingerprint density at radius 2 is 2.12 bits per heavy atom. The van der Waals surface area contributed by atoms with Crippen molar-refractivity contribution in [2.75, 3.05) is 13.1 Å². The Kier molecular flexibility index (Phi) is 4.22. The SMILES string of the molecule is Cc1cc(Cl)ccc1CNCCNC1CC1. The number of hydrogen-bond donors (Lipinski definition) is 2. The summed E-state index contributed by atoms with van der Waals surface area (Å²) >= 11 is 5.91. The molecule has 1 aliphatic carbocycles. The lowest BCUT2D eigenvalue weighted by Crippen LogP contribution is -2.28. The first-order valence-corrected chi connectivity index (χ1v) is 6.32. The van der Waals surface area contributed by atoms with Gasteiger partial charge in [-0.25, -0.2) is 0 Å². The molecule has 1 fully saturated rings. The van der Waals surface area contributed by atoms with Gasteiger partial charge in [0.15, 0.2) is 0 Å². The molecule has 0 saturated heterocycles. The zero-order valence-corrected chi connectivity index (χ0v) is 10.5. The van der Waals surface area contributed by atoms with Gasteiger partial charge in [-0.15, -0.1) is 0 Å². The molecule has 0 radical (unpaired) electrons. The van der Waals surface area contributed by atoms with Gasteiger partial charge in [0.2, 0.25) is 0 Å². The molecule has 0 aromatic heterocycles. The molecule has 0 aliphatic heterocycles. The molecule has 0 bridgehead atoms. The lowest BCUT2D eigenvalue weighted by molar-refractivity contribution is 0.608. The summed E-state index contributed by atoms with van der Waals surface area (Å²) in [4.78, 5) is 0. The Hall–Kier alpha value is -0.570. The topological polar surface area (TPSA) is 24.1 Å². The number of nitrogens with one attached hydrogen (secondary N) is 2. The lowest BCUT2D eigenvalue weighted by atomic mass is 10.1. The fourth-order valence-corrected chi connectivity index (χ4v) is 1.96. The summed E-state index contributed by atoms with van der Waals surface area (Å²) < 4.78 is 0. The van der Waals surface area contributed by atoms with Crippen LogP contribution in [0.2, 0.25) is 5.02 Å². The van der Waals surface area contributed by atoms with Crippen LogP contribution < -0.4 is 10.6 Å². The van der Waals surface area contributed by atoms with Crippen LogP contribution in [0, 0.1) is 6.92 Å². The molecule has 16 heavy (non-hydrogen) atoms. The zero-order chi connectivity index (χ0) is 11.4. The first-order chi connectivity index (χ1) is 7.75. The Bertz CT molecular complexity index is 348. The highest BCUT2D eigenvalue weighted by molar-refractivity contribution is 6.30. The maximum Gasteiger partial charge on any atom is 0.0408 e. The smallest absolute Gasteiger partial charge is 0.0408 e. The lowest BCUT2D eigenvalue weighted by Gasteiger charge is -2.08. The molecular formula is C13H19ClN2. The first-order valence-electron chi connectivity index (χ1n) is 5.95. The van der Waals surface area contributed by atoms with Crippen LogP contribution >= 0.6 is 11.6 Å². The van der Waals surface area contributed by atoms with Crippen molar-refractivity contribution < 1.29 is 0 Å². The van der Waals surface area contributed by atoms with E-state index in [-0.39, 0.29) is 0 Å². The average molecular weight is 239 g/mol. The van der Waals surface area contributed by atoms with E-state index < -0.39 is 0 Å². The second kappa shape index (κ2) is 5.67. The van der Waals surface area contributed by atoms with Crippen LogP contribution in [0.3, 0.4) is 0 Å². The normalized spacial score (nSPS) is 15.4. The molecule has 0 spiro atoms. The van der Waals surface area contributed by atoms with E-state index in [2.05, 4.69) is 23.6 Å². The highest BCUT2D eigenvalue weighted by atomic mass is 35.5. The van der Waals surface area contributed by atoms with Gasteiger partial charge in [-0.05, 0) is 43.0 Å². The van der Waals surface area contributed by atoms with Gasteiger partial charge in [-0.1, -0.05) is 17.7 Å². The molecule has 0 heterocycles. The van der Waals surface area contributed by atoms with Gasteiger partial charge in [0, 0.05) is 30.7 Å². The quantitative estimate of drug-likeness (QED) is 0.745. The molecule has 3 heteroatoms. The van der Waals surface area contributed by atoms with Gasteiger partial charge in [0.25, 0.3) is 0 Å². The third-order valence-corrected chi connectivity index (χ3v) is 3.17. The maximum atomic E-state index is 5.91. The van der Waals surface area contributed by atoms with Crippen LogP contribution in [0.5, 0.6) is 0 Å². The van der Waals surface area contributed by atoms with Crippen LogP contribution in [0.15, 0.2) is 18.2 Å². The fraction of sp³-hybridized carbons (Fsp3) is 0.538. The van der Waals surface area contributed by atoms with Crippen molar-refractivity contribution in [1.82, 2.24) is 10.6 Å². The largest absolute Gasteiger partial charge is 0.313 e. The predicted octanol–water partition coefficient (Wildman–Crippen LogP) is 2.49. The summed E-state index contributed by atoms with van der Waals surface area (Å²) in [5.74, 6) is 0. The minimum atomic E-state index is 0.805. The highest BCUT2D eigenvalue weighted by Gasteiger charge is 2.19. The van der Waals surface area contributed by atoms with Crippen LogP contribution in [0.25, 0.3) is 0 Å². The number of halogens is 1. The van der Waals surface area contributed by atoms with Crippen LogP contribution in [-0.2, 0) is 6.54 Å². The Balaban J connectivity index is 1.67. The summed E-state index contributed by atoms with van der Waals surface area (Å²) in [6.07, 6.45) is 2.71. The molecule has 0 atom stereocenters. The standard InChI is InChI=1S/C13H19ClN2/c1-10-8-12(14)3-2-11(10)9-15-6-7-16-13-4-5-13/h2-3,8,13,15-16H,4-7,9H2,1H3. The van der Waals surface area contributed by atoms with Crippen LogP contribution in [0.1, 0.15) is 24.0 Å². The molecule has 1 saturated carbocycles. The van der Waals surface area contributed by atoms with Crippen molar-refractivity contribution in [2.24, 2.45) is 0 Å². The van der Waals surface area contributed by atoms with Gasteiger partial charge >= 0.3 is 0 Å². The minimum absolute atomic E-state index is 0.805. The molecule has 1 aromatic rings. The van der Waals surface area contributed by atoms with Crippen molar-refractivity contribution in [2.45, 2.75) is 32.4 Å². The number of rotatable bonds is 6. The molecule has 0 amide bonds. The predicted molar refractivity (Wildman–Crippen MR) is 68.9 cm³/mol. The van der Waals surface area contributed by atoms with Crippen molar-refractivity contribution in [3.05, 3.63) is 34.3 Å². The third kappa shape index (κ3) is 3.78.